The van der Waals surface area contributed by atoms with Crippen LogP contribution in [0, 0.1) is 0 Å². The lowest BCUT2D eigenvalue weighted by Gasteiger charge is -2.22. The number of carbonyl (C=O) groups is 3. The Hall–Kier alpha value is -2.65. The SMILES string of the molecule is COC1(C(=O)O)CC1(COC(=O)Nc1ccccc1)NCC(=O)O. The first kappa shape index (κ1) is 17.7. The monoisotopic (exact) mass is 338 g/mol. The van der Waals surface area contributed by atoms with Crippen LogP contribution < -0.4 is 10.6 Å². The summed E-state index contributed by atoms with van der Waals surface area (Å²) in [7, 11) is 1.21. The smallest absolute Gasteiger partial charge is 0.411 e. The van der Waals surface area contributed by atoms with Crippen molar-refractivity contribution in [3.63, 3.8) is 0 Å². The van der Waals surface area contributed by atoms with Crippen LogP contribution in [0.5, 0.6) is 0 Å². The van der Waals surface area contributed by atoms with E-state index in [1.54, 1.807) is 30.3 Å². The molecule has 130 valence electrons. The summed E-state index contributed by atoms with van der Waals surface area (Å²) in [5.41, 5.74) is -2.41. The number of benzene rings is 1. The van der Waals surface area contributed by atoms with Gasteiger partial charge in [-0.3, -0.25) is 15.4 Å². The Morgan fingerprint density at radius 3 is 2.38 bits per heavy atom. The van der Waals surface area contributed by atoms with E-state index < -0.39 is 35.7 Å². The summed E-state index contributed by atoms with van der Waals surface area (Å²) in [5.74, 6) is -2.42. The number of hydrogen-bond donors (Lipinski definition) is 4. The van der Waals surface area contributed by atoms with Gasteiger partial charge in [0.1, 0.15) is 6.61 Å². The summed E-state index contributed by atoms with van der Waals surface area (Å²) < 4.78 is 10.1. The molecule has 2 atom stereocenters. The lowest BCUT2D eigenvalue weighted by molar-refractivity contribution is -0.154. The molecule has 1 aliphatic carbocycles. The maximum Gasteiger partial charge on any atom is 0.411 e. The second kappa shape index (κ2) is 6.85. The summed E-state index contributed by atoms with van der Waals surface area (Å²) in [4.78, 5) is 34.0. The van der Waals surface area contributed by atoms with Crippen LogP contribution in [0.1, 0.15) is 6.42 Å². The molecular weight excluding hydrogens is 320 g/mol. The summed E-state index contributed by atoms with van der Waals surface area (Å²) >= 11 is 0. The van der Waals surface area contributed by atoms with E-state index in [1.807, 2.05) is 0 Å². The Morgan fingerprint density at radius 1 is 1.21 bits per heavy atom. The third-order valence-electron chi connectivity index (χ3n) is 3.94. The van der Waals surface area contributed by atoms with Gasteiger partial charge in [0.05, 0.1) is 12.1 Å². The van der Waals surface area contributed by atoms with Gasteiger partial charge < -0.3 is 19.7 Å². The zero-order valence-corrected chi connectivity index (χ0v) is 12.9. The number of carboxylic acid groups (broad SMARTS) is 2. The molecule has 0 bridgehead atoms. The van der Waals surface area contributed by atoms with Crippen LogP contribution >= 0.6 is 0 Å². The van der Waals surface area contributed by atoms with E-state index in [4.69, 9.17) is 14.6 Å². The molecule has 2 unspecified atom stereocenters. The number of aliphatic carboxylic acids is 2. The first-order valence-electron chi connectivity index (χ1n) is 7.09. The van der Waals surface area contributed by atoms with Crippen molar-refractivity contribution >= 4 is 23.7 Å². The van der Waals surface area contributed by atoms with E-state index >= 15 is 0 Å². The molecule has 1 aromatic carbocycles. The maximum atomic E-state index is 11.8. The van der Waals surface area contributed by atoms with E-state index in [0.717, 1.165) is 0 Å². The Labute approximate surface area is 137 Å². The minimum absolute atomic E-state index is 0.0161. The largest absolute Gasteiger partial charge is 0.480 e. The minimum atomic E-state index is -1.63. The zero-order chi connectivity index (χ0) is 17.8. The van der Waals surface area contributed by atoms with E-state index in [1.165, 1.54) is 7.11 Å². The Balaban J connectivity index is 2.01. The number of para-hydroxylation sites is 1. The van der Waals surface area contributed by atoms with Crippen molar-refractivity contribution in [3.05, 3.63) is 30.3 Å². The van der Waals surface area contributed by atoms with Gasteiger partial charge in [-0.05, 0) is 12.1 Å². The van der Waals surface area contributed by atoms with Gasteiger partial charge in [-0.15, -0.1) is 0 Å². The normalized spacial score (nSPS) is 24.9. The van der Waals surface area contributed by atoms with Crippen molar-refractivity contribution in [2.24, 2.45) is 0 Å². The third-order valence-corrected chi connectivity index (χ3v) is 3.94. The first-order chi connectivity index (χ1) is 11.3. The average molecular weight is 338 g/mol. The molecule has 0 aromatic heterocycles. The fourth-order valence-corrected chi connectivity index (χ4v) is 2.55. The molecule has 0 saturated heterocycles. The van der Waals surface area contributed by atoms with Gasteiger partial charge in [-0.2, -0.15) is 0 Å². The van der Waals surface area contributed by atoms with Crippen molar-refractivity contribution in [3.8, 4) is 0 Å². The number of amides is 1. The lowest BCUT2D eigenvalue weighted by Crippen LogP contribution is -2.50. The van der Waals surface area contributed by atoms with Crippen molar-refractivity contribution in [2.75, 3.05) is 25.6 Å². The second-order valence-corrected chi connectivity index (χ2v) is 5.41. The number of methoxy groups -OCH3 is 1. The summed E-state index contributed by atoms with van der Waals surface area (Å²) in [5, 5.41) is 23.2. The Bertz CT molecular complexity index is 636. The average Bonchev–Trinajstić information content (AvgIpc) is 3.22. The molecule has 1 amide bonds. The number of carboxylic acids is 2. The van der Waals surface area contributed by atoms with Crippen molar-refractivity contribution in [1.29, 1.82) is 0 Å². The van der Waals surface area contributed by atoms with Gasteiger partial charge in [0.2, 0.25) is 0 Å². The molecule has 9 heteroatoms. The van der Waals surface area contributed by atoms with Crippen LogP contribution in [0.15, 0.2) is 30.3 Å². The number of ether oxygens (including phenoxy) is 2. The molecule has 0 aliphatic heterocycles. The first-order valence-corrected chi connectivity index (χ1v) is 7.09. The minimum Gasteiger partial charge on any atom is -0.480 e. The Morgan fingerprint density at radius 2 is 1.88 bits per heavy atom. The van der Waals surface area contributed by atoms with E-state index in [0.29, 0.717) is 5.69 Å². The van der Waals surface area contributed by atoms with Crippen LogP contribution in [0.3, 0.4) is 0 Å². The molecule has 4 N–H and O–H groups in total. The van der Waals surface area contributed by atoms with Gasteiger partial charge in [-0.1, -0.05) is 18.2 Å². The van der Waals surface area contributed by atoms with Crippen LogP contribution in [-0.2, 0) is 19.1 Å². The Kier molecular flexibility index (Phi) is 5.05. The highest BCUT2D eigenvalue weighted by Gasteiger charge is 2.74. The van der Waals surface area contributed by atoms with Crippen LogP contribution in [0.4, 0.5) is 10.5 Å². The predicted molar refractivity (Wildman–Crippen MR) is 81.8 cm³/mol. The molecule has 1 saturated carbocycles. The van der Waals surface area contributed by atoms with Gasteiger partial charge in [-0.25, -0.2) is 9.59 Å². The van der Waals surface area contributed by atoms with Crippen LogP contribution in [0.25, 0.3) is 0 Å². The molecular formula is C15H18N2O7. The molecule has 0 radical (unpaired) electrons. The van der Waals surface area contributed by atoms with Crippen LogP contribution in [-0.4, -0.2) is 59.6 Å². The van der Waals surface area contributed by atoms with Crippen molar-refractivity contribution in [1.82, 2.24) is 5.32 Å². The highest BCUT2D eigenvalue weighted by Crippen LogP contribution is 2.51. The van der Waals surface area contributed by atoms with Gasteiger partial charge >= 0.3 is 18.0 Å². The molecule has 0 spiro atoms. The fourth-order valence-electron chi connectivity index (χ4n) is 2.55. The lowest BCUT2D eigenvalue weighted by atomic mass is 10.1. The van der Waals surface area contributed by atoms with E-state index in [9.17, 15) is 19.5 Å². The number of anilines is 1. The summed E-state index contributed by atoms with van der Waals surface area (Å²) in [6.07, 6.45) is -0.794. The molecule has 1 aromatic rings. The number of nitrogens with one attached hydrogen (secondary N) is 2. The highest BCUT2D eigenvalue weighted by atomic mass is 16.6. The predicted octanol–water partition coefficient (Wildman–Crippen LogP) is 0.522. The van der Waals surface area contributed by atoms with E-state index in [-0.39, 0.29) is 13.0 Å². The molecule has 0 heterocycles. The molecule has 9 nitrogen and oxygen atoms in total. The number of hydrogen-bond acceptors (Lipinski definition) is 6. The van der Waals surface area contributed by atoms with Gasteiger partial charge in [0, 0.05) is 19.2 Å². The third kappa shape index (κ3) is 3.47. The van der Waals surface area contributed by atoms with Gasteiger partial charge in [0.15, 0.2) is 5.60 Å². The fraction of sp³-hybridized carbons (Fsp3) is 0.400. The number of rotatable bonds is 8. The van der Waals surface area contributed by atoms with E-state index in [2.05, 4.69) is 10.6 Å². The molecule has 2 rings (SSSR count). The molecule has 1 fully saturated rings. The highest BCUT2D eigenvalue weighted by molar-refractivity contribution is 5.87. The summed E-state index contributed by atoms with van der Waals surface area (Å²) in [6.45, 7) is -0.832. The quantitative estimate of drug-likeness (QED) is 0.539. The van der Waals surface area contributed by atoms with Gasteiger partial charge in [0.25, 0.3) is 0 Å². The van der Waals surface area contributed by atoms with Crippen molar-refractivity contribution < 1.29 is 34.1 Å². The maximum absolute atomic E-state index is 11.8. The number of carbonyl (C=O) groups excluding carboxylic acids is 1. The second-order valence-electron chi connectivity index (χ2n) is 5.41. The zero-order valence-electron chi connectivity index (χ0n) is 12.9. The van der Waals surface area contributed by atoms with Crippen LogP contribution in [0.2, 0.25) is 0 Å². The summed E-state index contributed by atoms with van der Waals surface area (Å²) in [6, 6.07) is 8.56. The standard InChI is InChI=1S/C15H18N2O7/c1-23-15(12(20)21)8-14(15,16-7-11(18)19)9-24-13(22)17-10-5-3-2-4-6-10/h2-6,16H,7-9H2,1H3,(H,17,22)(H,18,19)(H,20,21). The van der Waals surface area contributed by atoms with Crippen molar-refractivity contribution in [2.45, 2.75) is 17.6 Å². The molecule has 1 aliphatic rings. The topological polar surface area (TPSA) is 134 Å². The molecule has 24 heavy (non-hydrogen) atoms.